The molecule has 0 fully saturated rings. The van der Waals surface area contributed by atoms with E-state index in [1.165, 1.54) is 22.6 Å². The summed E-state index contributed by atoms with van der Waals surface area (Å²) in [5, 5.41) is 13.0. The minimum absolute atomic E-state index is 0. The first-order valence-corrected chi connectivity index (χ1v) is 19.3. The number of carbonyl (C=O) groups is 1. The number of carbonyl (C=O) groups excluding carboxylic acids is 1. The first kappa shape index (κ1) is 42.8. The summed E-state index contributed by atoms with van der Waals surface area (Å²) in [5.74, 6) is 0.547. The average molecular weight is 892 g/mol. The van der Waals surface area contributed by atoms with Crippen LogP contribution >= 0.6 is 11.3 Å². The van der Waals surface area contributed by atoms with Crippen molar-refractivity contribution in [2.75, 3.05) is 0 Å². The number of aliphatic hydroxyl groups excluding tert-OH is 1. The molecule has 0 saturated carbocycles. The third kappa shape index (κ3) is 10.3. The smallest absolute Gasteiger partial charge is 0.212 e. The second-order valence-electron chi connectivity index (χ2n) is 15.8. The Morgan fingerprint density at radius 1 is 0.904 bits per heavy atom. The number of aliphatic hydroxyl groups is 1. The van der Waals surface area contributed by atoms with Gasteiger partial charge in [-0.2, -0.15) is 11.3 Å². The molecule has 0 atom stereocenters. The van der Waals surface area contributed by atoms with Gasteiger partial charge in [-0.25, -0.2) is 4.85 Å². The Hall–Kier alpha value is -3.62. The molecule has 1 radical (unpaired) electrons. The number of fused-ring (bicyclic) bond motifs is 2. The van der Waals surface area contributed by atoms with E-state index in [1.54, 1.807) is 11.3 Å². The van der Waals surface area contributed by atoms with Crippen LogP contribution in [0.1, 0.15) is 106 Å². The van der Waals surface area contributed by atoms with Crippen LogP contribution in [-0.2, 0) is 36.7 Å². The van der Waals surface area contributed by atoms with Gasteiger partial charge in [0.15, 0.2) is 5.78 Å². The zero-order valence-electron chi connectivity index (χ0n) is 32.6. The summed E-state index contributed by atoms with van der Waals surface area (Å²) in [4.78, 5) is 21.5. The van der Waals surface area contributed by atoms with Crippen molar-refractivity contribution in [3.05, 3.63) is 107 Å². The molecular formula is C46H55IrN2O2S-. The molecule has 0 amide bonds. The Bertz CT molecular complexity index is 2030. The SMILES string of the molecule is CCC(CC)C(=O)/C=C(\O)C(CC)CC.[C-]#[N+]c1c(-c2ccc(CC(C)(C)C)cc2)sc2c(-c3[c-]c4ccccc4c(C(C)(C)C)c3)nccc12.[Ir]. The maximum Gasteiger partial charge on any atom is 0.212 e. The Balaban J connectivity index is 0.000000389. The summed E-state index contributed by atoms with van der Waals surface area (Å²) in [6.07, 6.45) is 7.76. The molecule has 277 valence electrons. The Kier molecular flexibility index (Phi) is 15.2. The van der Waals surface area contributed by atoms with Crippen LogP contribution in [0.4, 0.5) is 5.69 Å². The van der Waals surface area contributed by atoms with Gasteiger partial charge in [-0.3, -0.25) is 9.78 Å². The fourth-order valence-electron chi connectivity index (χ4n) is 6.65. The summed E-state index contributed by atoms with van der Waals surface area (Å²) in [7, 11) is 0. The van der Waals surface area contributed by atoms with Crippen molar-refractivity contribution in [3.63, 3.8) is 0 Å². The molecule has 2 heterocycles. The maximum absolute atomic E-state index is 11.7. The third-order valence-corrected chi connectivity index (χ3v) is 10.8. The molecular weight excluding hydrogens is 837 g/mol. The summed E-state index contributed by atoms with van der Waals surface area (Å²) in [6.45, 7) is 29.6. The minimum atomic E-state index is -0.0194. The van der Waals surface area contributed by atoms with E-state index in [-0.39, 0.29) is 54.3 Å². The fraction of sp³-hybridized carbons (Fsp3) is 0.413. The van der Waals surface area contributed by atoms with Crippen LogP contribution in [-0.4, -0.2) is 15.9 Å². The quantitative estimate of drug-likeness (QED) is 0.0863. The maximum atomic E-state index is 11.7. The standard InChI is InChI=1S/C33H31N2S.C13H24O2.Ir/c1-32(2,3)20-21-12-14-22(15-13-21)30-29(34-7)26-16-17-35-28(31(26)36-30)24-18-23-10-8-9-11-25(23)27(19-24)33(4,5)6;1-5-10(6-2)12(14)9-13(15)11(7-3)8-4;/h8-17,19H,20H2,1-6H3;9-11,14H,5-8H2,1-4H3;/q-1;;/b;12-9-;. The van der Waals surface area contributed by atoms with Crippen molar-refractivity contribution in [2.24, 2.45) is 17.3 Å². The van der Waals surface area contributed by atoms with E-state index in [1.807, 2.05) is 40.0 Å². The number of allylic oxidation sites excluding steroid dienone is 2. The molecule has 0 spiro atoms. The van der Waals surface area contributed by atoms with Crippen LogP contribution < -0.4 is 0 Å². The van der Waals surface area contributed by atoms with Crippen LogP contribution in [0.2, 0.25) is 0 Å². The van der Waals surface area contributed by atoms with E-state index in [9.17, 15) is 9.90 Å². The van der Waals surface area contributed by atoms with Gasteiger partial charge in [0.2, 0.25) is 5.69 Å². The van der Waals surface area contributed by atoms with Crippen LogP contribution in [0.3, 0.4) is 0 Å². The number of aromatic nitrogens is 1. The van der Waals surface area contributed by atoms with Gasteiger partial charge in [0, 0.05) is 59.5 Å². The van der Waals surface area contributed by atoms with Crippen LogP contribution in [0.5, 0.6) is 0 Å². The largest absolute Gasteiger partial charge is 0.512 e. The van der Waals surface area contributed by atoms with Gasteiger partial charge in [0.25, 0.3) is 0 Å². The number of pyridine rings is 1. The second kappa shape index (κ2) is 18.4. The molecule has 5 rings (SSSR count). The van der Waals surface area contributed by atoms with Crippen molar-refractivity contribution in [1.82, 2.24) is 4.98 Å². The zero-order chi connectivity index (χ0) is 37.5. The third-order valence-electron chi connectivity index (χ3n) is 9.56. The number of benzene rings is 3. The van der Waals surface area contributed by atoms with Gasteiger partial charge >= 0.3 is 0 Å². The van der Waals surface area contributed by atoms with Gasteiger partial charge in [-0.1, -0.05) is 123 Å². The summed E-state index contributed by atoms with van der Waals surface area (Å²) >= 11 is 1.66. The zero-order valence-corrected chi connectivity index (χ0v) is 35.8. The molecule has 2 aromatic heterocycles. The molecule has 0 unspecified atom stereocenters. The molecule has 6 heteroatoms. The van der Waals surface area contributed by atoms with Gasteiger partial charge < -0.3 is 5.11 Å². The number of rotatable bonds is 10. The van der Waals surface area contributed by atoms with Crippen molar-refractivity contribution in [2.45, 2.75) is 107 Å². The summed E-state index contributed by atoms with van der Waals surface area (Å²) < 4.78 is 1.05. The molecule has 0 aliphatic rings. The predicted octanol–water partition coefficient (Wildman–Crippen LogP) is 13.9. The molecule has 1 N–H and O–H groups in total. The van der Waals surface area contributed by atoms with E-state index in [4.69, 9.17) is 11.6 Å². The van der Waals surface area contributed by atoms with Crippen molar-refractivity contribution in [1.29, 1.82) is 0 Å². The summed E-state index contributed by atoms with van der Waals surface area (Å²) in [6, 6.07) is 25.0. The average Bonchev–Trinajstić information content (AvgIpc) is 3.47. The van der Waals surface area contributed by atoms with Gasteiger partial charge in [0.05, 0.1) is 12.3 Å². The Morgan fingerprint density at radius 3 is 2.08 bits per heavy atom. The molecule has 0 saturated heterocycles. The van der Waals surface area contributed by atoms with E-state index >= 15 is 0 Å². The molecule has 0 aliphatic carbocycles. The van der Waals surface area contributed by atoms with Crippen molar-refractivity contribution >= 4 is 43.7 Å². The molecule has 0 bridgehead atoms. The van der Waals surface area contributed by atoms with Crippen LogP contribution in [0.15, 0.2) is 78.7 Å². The number of hydrogen-bond donors (Lipinski definition) is 1. The van der Waals surface area contributed by atoms with E-state index in [0.717, 1.165) is 69.3 Å². The Morgan fingerprint density at radius 2 is 1.52 bits per heavy atom. The molecule has 52 heavy (non-hydrogen) atoms. The number of hydrogen-bond acceptors (Lipinski definition) is 4. The van der Waals surface area contributed by atoms with Gasteiger partial charge in [-0.15, -0.1) is 29.1 Å². The monoisotopic (exact) mass is 892 g/mol. The topological polar surface area (TPSA) is 54.5 Å². The van der Waals surface area contributed by atoms with Crippen molar-refractivity contribution in [3.8, 4) is 21.7 Å². The predicted molar refractivity (Wildman–Crippen MR) is 219 cm³/mol. The van der Waals surface area contributed by atoms with Crippen molar-refractivity contribution < 1.29 is 30.0 Å². The first-order chi connectivity index (χ1) is 24.1. The fourth-order valence-corrected chi connectivity index (χ4v) is 7.90. The normalized spacial score (nSPS) is 12.1. The first-order valence-electron chi connectivity index (χ1n) is 18.4. The van der Waals surface area contributed by atoms with Crippen LogP contribution in [0.25, 0.3) is 47.4 Å². The molecule has 3 aromatic carbocycles. The van der Waals surface area contributed by atoms with E-state index in [2.05, 4.69) is 107 Å². The van der Waals surface area contributed by atoms with Gasteiger partial charge in [0.1, 0.15) is 0 Å². The summed E-state index contributed by atoms with van der Waals surface area (Å²) in [5.41, 5.74) is 6.49. The number of ketones is 1. The Labute approximate surface area is 330 Å². The number of thiophene rings is 1. The molecule has 5 aromatic rings. The molecule has 4 nitrogen and oxygen atoms in total. The van der Waals surface area contributed by atoms with E-state index in [0.29, 0.717) is 5.69 Å². The second-order valence-corrected chi connectivity index (χ2v) is 16.8. The van der Waals surface area contributed by atoms with Crippen LogP contribution in [0, 0.1) is 29.9 Å². The van der Waals surface area contributed by atoms with E-state index < -0.39 is 0 Å². The number of nitrogens with zero attached hydrogens (tertiary/aromatic N) is 2. The molecule has 0 aliphatic heterocycles. The minimum Gasteiger partial charge on any atom is -0.512 e. The van der Waals surface area contributed by atoms with Gasteiger partial charge in [-0.05, 0) is 65.5 Å².